The van der Waals surface area contributed by atoms with Gasteiger partial charge in [0.25, 0.3) is 0 Å². The molecule has 1 saturated carbocycles. The molecule has 1 saturated heterocycles. The fourth-order valence-electron chi connectivity index (χ4n) is 4.27. The van der Waals surface area contributed by atoms with Gasteiger partial charge in [0.05, 0.1) is 0 Å². The molecule has 0 unspecified atom stereocenters. The molecule has 0 aromatic heterocycles. The zero-order chi connectivity index (χ0) is 18.9. The third-order valence-electron chi connectivity index (χ3n) is 5.83. The second-order valence-corrected chi connectivity index (χ2v) is 8.05. The Balaban J connectivity index is 1.40. The lowest BCUT2D eigenvalue weighted by atomic mass is 9.93. The molecule has 3 rings (SSSR count). The molecule has 5 heteroatoms. The molecule has 1 aromatic rings. The number of hydrogen-bond donors (Lipinski definition) is 2. The number of carbonyl (C=O) groups excluding carboxylic acids is 2. The van der Waals surface area contributed by atoms with Crippen molar-refractivity contribution in [2.24, 2.45) is 5.92 Å². The number of piperidine rings is 1. The van der Waals surface area contributed by atoms with Crippen molar-refractivity contribution in [3.05, 3.63) is 30.3 Å². The van der Waals surface area contributed by atoms with Gasteiger partial charge >= 0.3 is 6.03 Å². The summed E-state index contributed by atoms with van der Waals surface area (Å²) in [5, 5.41) is 6.20. The summed E-state index contributed by atoms with van der Waals surface area (Å²) in [4.78, 5) is 26.7. The highest BCUT2D eigenvalue weighted by Crippen LogP contribution is 2.22. The van der Waals surface area contributed by atoms with E-state index in [1.807, 2.05) is 35.2 Å². The first kappa shape index (κ1) is 19.7. The highest BCUT2D eigenvalue weighted by molar-refractivity contribution is 5.89. The SMILES string of the molecule is O=C(CC[C@@H]1CCCN(C(=O)Nc2ccccc2)C1)NC1CCCCCC1. The molecule has 1 heterocycles. The van der Waals surface area contributed by atoms with Gasteiger partial charge in [-0.3, -0.25) is 4.79 Å². The van der Waals surface area contributed by atoms with Crippen LogP contribution >= 0.6 is 0 Å². The van der Waals surface area contributed by atoms with Gasteiger partial charge in [0.15, 0.2) is 0 Å². The van der Waals surface area contributed by atoms with E-state index in [1.54, 1.807) is 0 Å². The summed E-state index contributed by atoms with van der Waals surface area (Å²) in [5.74, 6) is 0.605. The minimum atomic E-state index is -0.0335. The Morgan fingerprint density at radius 2 is 1.70 bits per heavy atom. The molecule has 2 aliphatic rings. The fraction of sp³-hybridized carbons (Fsp3) is 0.636. The molecule has 5 nitrogen and oxygen atoms in total. The Morgan fingerprint density at radius 3 is 2.44 bits per heavy atom. The summed E-state index contributed by atoms with van der Waals surface area (Å²) in [6.07, 6.45) is 10.9. The minimum Gasteiger partial charge on any atom is -0.353 e. The Bertz CT molecular complexity index is 597. The van der Waals surface area contributed by atoms with Gasteiger partial charge in [-0.2, -0.15) is 0 Å². The van der Waals surface area contributed by atoms with Crippen LogP contribution in [-0.4, -0.2) is 36.0 Å². The number of anilines is 1. The Labute approximate surface area is 162 Å². The largest absolute Gasteiger partial charge is 0.353 e. The number of nitrogens with zero attached hydrogens (tertiary/aromatic N) is 1. The second kappa shape index (κ2) is 10.3. The maximum Gasteiger partial charge on any atom is 0.321 e. The van der Waals surface area contributed by atoms with Crippen LogP contribution in [0.1, 0.15) is 64.2 Å². The maximum absolute atomic E-state index is 12.5. The number of carbonyl (C=O) groups is 2. The summed E-state index contributed by atoms with van der Waals surface area (Å²) in [6, 6.07) is 9.91. The Morgan fingerprint density at radius 1 is 0.963 bits per heavy atom. The second-order valence-electron chi connectivity index (χ2n) is 8.05. The highest BCUT2D eigenvalue weighted by atomic mass is 16.2. The van der Waals surface area contributed by atoms with Crippen LogP contribution in [0.25, 0.3) is 0 Å². The predicted octanol–water partition coefficient (Wildman–Crippen LogP) is 4.55. The zero-order valence-corrected chi connectivity index (χ0v) is 16.3. The van der Waals surface area contributed by atoms with Crippen molar-refractivity contribution in [2.45, 2.75) is 70.3 Å². The van der Waals surface area contributed by atoms with Crippen LogP contribution in [-0.2, 0) is 4.79 Å². The van der Waals surface area contributed by atoms with E-state index in [1.165, 1.54) is 25.7 Å². The Kier molecular flexibility index (Phi) is 7.55. The van der Waals surface area contributed by atoms with Gasteiger partial charge in [-0.1, -0.05) is 43.9 Å². The monoisotopic (exact) mass is 371 g/mol. The number of benzene rings is 1. The molecule has 27 heavy (non-hydrogen) atoms. The average molecular weight is 372 g/mol. The molecule has 2 N–H and O–H groups in total. The van der Waals surface area contributed by atoms with Gasteiger partial charge in [-0.25, -0.2) is 4.79 Å². The lowest BCUT2D eigenvalue weighted by Gasteiger charge is -2.32. The van der Waals surface area contributed by atoms with Crippen molar-refractivity contribution in [3.8, 4) is 0 Å². The smallest absolute Gasteiger partial charge is 0.321 e. The normalized spacial score (nSPS) is 21.3. The molecule has 2 fully saturated rings. The first-order chi connectivity index (χ1) is 13.2. The van der Waals surface area contributed by atoms with E-state index in [4.69, 9.17) is 0 Å². The predicted molar refractivity (Wildman–Crippen MR) is 109 cm³/mol. The number of likely N-dealkylation sites (tertiary alicyclic amines) is 1. The molecule has 1 aliphatic heterocycles. The van der Waals surface area contributed by atoms with Crippen molar-refractivity contribution >= 4 is 17.6 Å². The first-order valence-corrected chi connectivity index (χ1v) is 10.6. The number of nitrogens with one attached hydrogen (secondary N) is 2. The Hall–Kier alpha value is -2.04. The van der Waals surface area contributed by atoms with E-state index >= 15 is 0 Å². The molecule has 1 aliphatic carbocycles. The van der Waals surface area contributed by atoms with E-state index in [0.717, 1.165) is 50.9 Å². The third kappa shape index (κ3) is 6.56. The molecule has 0 bridgehead atoms. The van der Waals surface area contributed by atoms with E-state index in [2.05, 4.69) is 10.6 Å². The van der Waals surface area contributed by atoms with E-state index in [9.17, 15) is 9.59 Å². The number of hydrogen-bond acceptors (Lipinski definition) is 2. The lowest BCUT2D eigenvalue weighted by molar-refractivity contribution is -0.122. The number of rotatable bonds is 5. The molecule has 3 amide bonds. The van der Waals surface area contributed by atoms with E-state index in [-0.39, 0.29) is 11.9 Å². The first-order valence-electron chi connectivity index (χ1n) is 10.6. The van der Waals surface area contributed by atoms with Crippen LogP contribution in [0, 0.1) is 5.92 Å². The van der Waals surface area contributed by atoms with Crippen molar-refractivity contribution < 1.29 is 9.59 Å². The highest BCUT2D eigenvalue weighted by Gasteiger charge is 2.24. The van der Waals surface area contributed by atoms with Crippen LogP contribution in [0.3, 0.4) is 0 Å². The van der Waals surface area contributed by atoms with Gasteiger partial charge in [-0.05, 0) is 50.2 Å². The molecule has 0 spiro atoms. The quantitative estimate of drug-likeness (QED) is 0.746. The summed E-state index contributed by atoms with van der Waals surface area (Å²) >= 11 is 0. The molecule has 1 atom stereocenters. The maximum atomic E-state index is 12.5. The molecular formula is C22H33N3O2. The third-order valence-corrected chi connectivity index (χ3v) is 5.83. The van der Waals surface area contributed by atoms with Gasteiger partial charge in [-0.15, -0.1) is 0 Å². The van der Waals surface area contributed by atoms with Crippen LogP contribution < -0.4 is 10.6 Å². The van der Waals surface area contributed by atoms with E-state index < -0.39 is 0 Å². The van der Waals surface area contributed by atoms with Gasteiger partial charge in [0.1, 0.15) is 0 Å². The van der Waals surface area contributed by atoms with Crippen LogP contribution in [0.15, 0.2) is 30.3 Å². The van der Waals surface area contributed by atoms with E-state index in [0.29, 0.717) is 18.4 Å². The molecule has 0 radical (unpaired) electrons. The molecule has 148 valence electrons. The summed E-state index contributed by atoms with van der Waals surface area (Å²) in [7, 11) is 0. The number of amides is 3. The van der Waals surface area contributed by atoms with Crippen molar-refractivity contribution in [2.75, 3.05) is 18.4 Å². The minimum absolute atomic E-state index is 0.0335. The standard InChI is InChI=1S/C22H33N3O2/c26-21(23-19-10-4-1-2-5-11-19)15-14-18-9-8-16-25(17-18)22(27)24-20-12-6-3-7-13-20/h3,6-7,12-13,18-19H,1-2,4-5,8-11,14-17H2,(H,23,26)(H,24,27)/t18-/m0/s1. The fourth-order valence-corrected chi connectivity index (χ4v) is 4.27. The summed E-state index contributed by atoms with van der Waals surface area (Å²) in [5.41, 5.74) is 0.826. The lowest BCUT2D eigenvalue weighted by Crippen LogP contribution is -2.42. The molecule has 1 aromatic carbocycles. The number of urea groups is 1. The van der Waals surface area contributed by atoms with Crippen molar-refractivity contribution in [3.63, 3.8) is 0 Å². The van der Waals surface area contributed by atoms with Gasteiger partial charge in [0, 0.05) is 31.2 Å². The van der Waals surface area contributed by atoms with Crippen molar-refractivity contribution in [1.82, 2.24) is 10.2 Å². The topological polar surface area (TPSA) is 61.4 Å². The molecular weight excluding hydrogens is 338 g/mol. The van der Waals surface area contributed by atoms with Crippen LogP contribution in [0.2, 0.25) is 0 Å². The van der Waals surface area contributed by atoms with Gasteiger partial charge in [0.2, 0.25) is 5.91 Å². The summed E-state index contributed by atoms with van der Waals surface area (Å²) in [6.45, 7) is 1.54. The van der Waals surface area contributed by atoms with Crippen LogP contribution in [0.4, 0.5) is 10.5 Å². The average Bonchev–Trinajstić information content (AvgIpc) is 2.96. The summed E-state index contributed by atoms with van der Waals surface area (Å²) < 4.78 is 0. The number of para-hydroxylation sites is 1. The van der Waals surface area contributed by atoms with Crippen molar-refractivity contribution in [1.29, 1.82) is 0 Å². The zero-order valence-electron chi connectivity index (χ0n) is 16.3. The van der Waals surface area contributed by atoms with Gasteiger partial charge < -0.3 is 15.5 Å². The van der Waals surface area contributed by atoms with Crippen LogP contribution in [0.5, 0.6) is 0 Å².